The number of likely N-dealkylation sites (tertiary alicyclic amines) is 1. The van der Waals surface area contributed by atoms with Gasteiger partial charge in [0, 0.05) is 0 Å². The van der Waals surface area contributed by atoms with Crippen LogP contribution in [0.2, 0.25) is 5.02 Å². The molecular weight excluding hydrogens is 414 g/mol. The maximum absolute atomic E-state index is 12.6. The summed E-state index contributed by atoms with van der Waals surface area (Å²) in [4.78, 5) is 61.9. The van der Waals surface area contributed by atoms with Crippen molar-refractivity contribution in [1.29, 1.82) is 0 Å². The summed E-state index contributed by atoms with van der Waals surface area (Å²) < 4.78 is 4.84. The van der Waals surface area contributed by atoms with Gasteiger partial charge in [0.2, 0.25) is 11.8 Å². The number of imide groups is 1. The van der Waals surface area contributed by atoms with E-state index < -0.39 is 30.9 Å². The number of nitrogens with one attached hydrogen (secondary N) is 2. The maximum atomic E-state index is 12.6. The fourth-order valence-electron chi connectivity index (χ4n) is 4.82. The third kappa shape index (κ3) is 3.65. The number of hydrogen-bond donors (Lipinski definition) is 2. The average Bonchev–Trinajstić information content (AvgIpc) is 3.41. The third-order valence-electron chi connectivity index (χ3n) is 6.10. The summed E-state index contributed by atoms with van der Waals surface area (Å²) in [5.41, 5.74) is 4.43. The first kappa shape index (κ1) is 20.3. The largest absolute Gasteiger partial charge is 0.454 e. The molecule has 1 saturated heterocycles. The van der Waals surface area contributed by atoms with Crippen LogP contribution in [0, 0.1) is 23.7 Å². The first-order valence-electron chi connectivity index (χ1n) is 9.71. The highest BCUT2D eigenvalue weighted by Crippen LogP contribution is 2.56. The average molecular weight is 434 g/mol. The lowest BCUT2D eigenvalue weighted by Gasteiger charge is -2.19. The summed E-state index contributed by atoms with van der Waals surface area (Å²) in [5, 5.41) is 0.217. The molecule has 3 fully saturated rings. The Kier molecular flexibility index (Phi) is 5.46. The molecule has 2 N–H and O–H groups in total. The van der Waals surface area contributed by atoms with Crippen LogP contribution >= 0.6 is 11.6 Å². The number of halogens is 1. The van der Waals surface area contributed by atoms with Gasteiger partial charge in [-0.2, -0.15) is 0 Å². The Balaban J connectivity index is 1.23. The molecule has 3 aliphatic rings. The second-order valence-electron chi connectivity index (χ2n) is 7.79. The molecular formula is C20H20ClN3O6. The van der Waals surface area contributed by atoms with Crippen LogP contribution in [-0.2, 0) is 23.9 Å². The van der Waals surface area contributed by atoms with Gasteiger partial charge in [-0.15, -0.1) is 0 Å². The van der Waals surface area contributed by atoms with E-state index in [1.165, 1.54) is 12.1 Å². The van der Waals surface area contributed by atoms with Crippen molar-refractivity contribution in [3.05, 3.63) is 34.9 Å². The van der Waals surface area contributed by atoms with Crippen molar-refractivity contribution in [3.63, 3.8) is 0 Å². The number of esters is 1. The fourth-order valence-corrected chi connectivity index (χ4v) is 5.04. The van der Waals surface area contributed by atoms with Gasteiger partial charge < -0.3 is 4.74 Å². The van der Waals surface area contributed by atoms with Crippen molar-refractivity contribution < 1.29 is 28.7 Å². The van der Waals surface area contributed by atoms with Gasteiger partial charge in [0.1, 0.15) is 6.54 Å². The second kappa shape index (κ2) is 8.06. The Bertz CT molecular complexity index is 907. The maximum Gasteiger partial charge on any atom is 0.326 e. The first-order valence-corrected chi connectivity index (χ1v) is 10.1. The lowest BCUT2D eigenvalue weighted by atomic mass is 9.81. The van der Waals surface area contributed by atoms with Crippen molar-refractivity contribution in [1.82, 2.24) is 15.8 Å². The van der Waals surface area contributed by atoms with E-state index in [1.807, 2.05) is 0 Å². The smallest absolute Gasteiger partial charge is 0.326 e. The van der Waals surface area contributed by atoms with Crippen LogP contribution in [-0.4, -0.2) is 47.6 Å². The summed E-state index contributed by atoms with van der Waals surface area (Å²) in [5.74, 6) is -3.07. The van der Waals surface area contributed by atoms with E-state index in [4.69, 9.17) is 16.3 Å². The van der Waals surface area contributed by atoms with Crippen LogP contribution in [0.1, 0.15) is 29.6 Å². The number of carbonyl (C=O) groups excluding carboxylic acids is 5. The topological polar surface area (TPSA) is 122 Å². The predicted molar refractivity (Wildman–Crippen MR) is 103 cm³/mol. The minimum absolute atomic E-state index is 0.169. The van der Waals surface area contributed by atoms with Crippen LogP contribution < -0.4 is 10.9 Å². The summed E-state index contributed by atoms with van der Waals surface area (Å²) in [7, 11) is 0. The number of ether oxygens (including phenoxy) is 1. The number of nitrogens with zero attached hydrogens (tertiary/aromatic N) is 1. The molecule has 9 nitrogen and oxygen atoms in total. The van der Waals surface area contributed by atoms with Gasteiger partial charge in [-0.05, 0) is 43.2 Å². The van der Waals surface area contributed by atoms with Gasteiger partial charge >= 0.3 is 5.97 Å². The van der Waals surface area contributed by atoms with Crippen LogP contribution in [0.25, 0.3) is 0 Å². The van der Waals surface area contributed by atoms with E-state index in [0.717, 1.165) is 24.2 Å². The molecule has 1 heterocycles. The Labute approximate surface area is 177 Å². The lowest BCUT2D eigenvalue weighted by Crippen LogP contribution is -2.44. The Morgan fingerprint density at radius 2 is 1.67 bits per heavy atom. The lowest BCUT2D eigenvalue weighted by molar-refractivity contribution is -0.155. The standard InChI is InChI=1S/C20H20ClN3O6/c21-13-4-2-1-3-12(13)18(27)23-22-14(25)9-30-15(26)8-24-19(28)16-10-5-6-11(7-10)17(16)20(24)29/h1-4,10-11,16-17H,5-9H2,(H,22,25)(H,23,27)/t10-,11-,16+,17+/m0/s1. The monoisotopic (exact) mass is 433 g/mol. The molecule has 4 atom stereocenters. The van der Waals surface area contributed by atoms with Crippen molar-refractivity contribution in [2.24, 2.45) is 23.7 Å². The molecule has 2 saturated carbocycles. The van der Waals surface area contributed by atoms with E-state index in [9.17, 15) is 24.0 Å². The number of amides is 4. The minimum Gasteiger partial charge on any atom is -0.454 e. The Hall–Kier alpha value is -2.94. The zero-order chi connectivity index (χ0) is 21.4. The number of fused-ring (bicyclic) bond motifs is 5. The molecule has 0 unspecified atom stereocenters. The highest BCUT2D eigenvalue weighted by molar-refractivity contribution is 6.33. The SMILES string of the molecule is O=C(COC(=O)CN1C(=O)[C@@H]2[C@H]3CC[C@@H](C3)[C@H]2C1=O)NNC(=O)c1ccccc1Cl. The van der Waals surface area contributed by atoms with Gasteiger partial charge in [-0.25, -0.2) is 0 Å². The van der Waals surface area contributed by atoms with Crippen LogP contribution in [0.15, 0.2) is 24.3 Å². The Morgan fingerprint density at radius 1 is 1.03 bits per heavy atom. The number of carbonyl (C=O) groups is 5. The molecule has 2 aliphatic carbocycles. The Morgan fingerprint density at radius 3 is 2.30 bits per heavy atom. The normalized spacial score (nSPS) is 26.5. The van der Waals surface area contributed by atoms with Crippen molar-refractivity contribution >= 4 is 41.2 Å². The molecule has 4 amide bonds. The first-order chi connectivity index (χ1) is 14.4. The molecule has 2 bridgehead atoms. The van der Waals surface area contributed by atoms with Crippen molar-refractivity contribution in [2.75, 3.05) is 13.2 Å². The number of hydrazine groups is 1. The molecule has 1 aromatic rings. The summed E-state index contributed by atoms with van der Waals surface area (Å²) in [6.07, 6.45) is 2.80. The second-order valence-corrected chi connectivity index (χ2v) is 8.20. The zero-order valence-corrected chi connectivity index (χ0v) is 16.7. The molecule has 4 rings (SSSR count). The van der Waals surface area contributed by atoms with Crippen molar-refractivity contribution in [3.8, 4) is 0 Å². The number of hydrogen-bond acceptors (Lipinski definition) is 6. The molecule has 10 heteroatoms. The number of benzene rings is 1. The quantitative estimate of drug-likeness (QED) is 0.400. The van der Waals surface area contributed by atoms with Gasteiger partial charge in [0.25, 0.3) is 11.8 Å². The fraction of sp³-hybridized carbons (Fsp3) is 0.450. The van der Waals surface area contributed by atoms with Gasteiger partial charge in [-0.1, -0.05) is 23.7 Å². The molecule has 0 aromatic heterocycles. The van der Waals surface area contributed by atoms with E-state index >= 15 is 0 Å². The number of rotatable bonds is 5. The summed E-state index contributed by atoms with van der Waals surface area (Å²) in [6, 6.07) is 6.28. The van der Waals surface area contributed by atoms with E-state index in [-0.39, 0.29) is 46.1 Å². The third-order valence-corrected chi connectivity index (χ3v) is 6.43. The predicted octanol–water partition coefficient (Wildman–Crippen LogP) is 0.675. The van der Waals surface area contributed by atoms with Gasteiger partial charge in [0.15, 0.2) is 6.61 Å². The van der Waals surface area contributed by atoms with Gasteiger partial charge in [0.05, 0.1) is 22.4 Å². The molecule has 1 aromatic carbocycles. The van der Waals surface area contributed by atoms with Crippen LogP contribution in [0.3, 0.4) is 0 Å². The molecule has 0 radical (unpaired) electrons. The van der Waals surface area contributed by atoms with E-state index in [0.29, 0.717) is 0 Å². The molecule has 158 valence electrons. The summed E-state index contributed by atoms with van der Waals surface area (Å²) in [6.45, 7) is -1.18. The van der Waals surface area contributed by atoms with E-state index in [2.05, 4.69) is 10.9 Å². The van der Waals surface area contributed by atoms with Crippen LogP contribution in [0.5, 0.6) is 0 Å². The van der Waals surface area contributed by atoms with Crippen LogP contribution in [0.4, 0.5) is 0 Å². The van der Waals surface area contributed by atoms with E-state index in [1.54, 1.807) is 12.1 Å². The molecule has 30 heavy (non-hydrogen) atoms. The van der Waals surface area contributed by atoms with Gasteiger partial charge in [-0.3, -0.25) is 39.7 Å². The summed E-state index contributed by atoms with van der Waals surface area (Å²) >= 11 is 5.90. The van der Waals surface area contributed by atoms with Crippen molar-refractivity contribution in [2.45, 2.75) is 19.3 Å². The molecule has 0 spiro atoms. The minimum atomic E-state index is -0.864. The zero-order valence-electron chi connectivity index (χ0n) is 15.9. The molecule has 1 aliphatic heterocycles. The highest BCUT2D eigenvalue weighted by atomic mass is 35.5. The highest BCUT2D eigenvalue weighted by Gasteiger charge is 2.61.